The Morgan fingerprint density at radius 2 is 1.23 bits per heavy atom. The summed E-state index contributed by atoms with van der Waals surface area (Å²) in [6.45, 7) is 22.3. The number of carbonyl (C=O) groups excluding carboxylic acids is 1. The fourth-order valence-corrected chi connectivity index (χ4v) is 8.91. The lowest BCUT2D eigenvalue weighted by molar-refractivity contribution is -0.135. The van der Waals surface area contributed by atoms with E-state index >= 15 is 0 Å². The minimum Gasteiger partial charge on any atom is -0.520 e. The maximum absolute atomic E-state index is 12.1. The average molecular weight is 602 g/mol. The molecule has 0 amide bonds. The molecule has 0 N–H and O–H groups in total. The third-order valence-corrected chi connectivity index (χ3v) is 9.98. The van der Waals surface area contributed by atoms with Crippen LogP contribution in [0.3, 0.4) is 0 Å². The number of carbonyl (C=O) groups is 1. The van der Waals surface area contributed by atoms with Crippen LogP contribution in [0.5, 0.6) is 0 Å². The van der Waals surface area contributed by atoms with Gasteiger partial charge < -0.3 is 18.1 Å². The number of unbranched alkanes of at least 4 members (excludes halogenated alkanes) is 5. The molecular formula is C30H63NO5Si3. The molecule has 0 unspecified atom stereocenters. The summed E-state index contributed by atoms with van der Waals surface area (Å²) in [5, 5.41) is 4.42. The molecule has 1 aliphatic rings. The Balaban J connectivity index is 2.89. The summed E-state index contributed by atoms with van der Waals surface area (Å²) >= 11 is 0. The summed E-state index contributed by atoms with van der Waals surface area (Å²) in [5.74, 6) is 0.972. The molecule has 0 spiro atoms. The van der Waals surface area contributed by atoms with Gasteiger partial charge in [-0.3, -0.25) is 4.79 Å². The molecule has 0 bridgehead atoms. The van der Waals surface area contributed by atoms with E-state index in [2.05, 4.69) is 71.0 Å². The van der Waals surface area contributed by atoms with Crippen molar-refractivity contribution in [1.82, 2.24) is 0 Å². The first-order chi connectivity index (χ1) is 18.0. The van der Waals surface area contributed by atoms with Crippen molar-refractivity contribution in [2.24, 2.45) is 17.0 Å². The van der Waals surface area contributed by atoms with Gasteiger partial charge in [0, 0.05) is 6.42 Å². The van der Waals surface area contributed by atoms with E-state index in [0.29, 0.717) is 18.3 Å². The fraction of sp³-hybridized carbons (Fsp3) is 0.933. The molecule has 1 rings (SSSR count). The van der Waals surface area contributed by atoms with Crippen LogP contribution < -0.4 is 0 Å². The van der Waals surface area contributed by atoms with E-state index in [4.69, 9.17) is 18.1 Å². The van der Waals surface area contributed by atoms with E-state index in [0.717, 1.165) is 51.4 Å². The molecular weight excluding hydrogens is 539 g/mol. The summed E-state index contributed by atoms with van der Waals surface area (Å²) in [6, 6.07) is 0. The van der Waals surface area contributed by atoms with Crippen LogP contribution >= 0.6 is 0 Å². The third-order valence-electron chi connectivity index (χ3n) is 7.12. The lowest BCUT2D eigenvalue weighted by Crippen LogP contribution is -2.35. The second-order valence-electron chi connectivity index (χ2n) is 14.5. The lowest BCUT2D eigenvalue weighted by atomic mass is 9.84. The summed E-state index contributed by atoms with van der Waals surface area (Å²) in [5.41, 5.74) is 1.19. The van der Waals surface area contributed by atoms with Gasteiger partial charge in [-0.25, -0.2) is 0 Å². The van der Waals surface area contributed by atoms with Crippen LogP contribution in [0, 0.1) is 11.8 Å². The van der Waals surface area contributed by atoms with Crippen molar-refractivity contribution in [3.8, 4) is 0 Å². The molecule has 1 fully saturated rings. The average Bonchev–Trinajstić information content (AvgIpc) is 3.05. The van der Waals surface area contributed by atoms with Crippen LogP contribution in [0.1, 0.15) is 90.4 Å². The molecule has 1 saturated carbocycles. The van der Waals surface area contributed by atoms with Gasteiger partial charge in [-0.15, -0.1) is 0 Å². The first kappa shape index (κ1) is 36.5. The molecule has 230 valence electrons. The zero-order chi connectivity index (χ0) is 29.7. The van der Waals surface area contributed by atoms with Gasteiger partial charge in [0.1, 0.15) is 7.11 Å². The van der Waals surface area contributed by atoms with Gasteiger partial charge in [-0.1, -0.05) is 44.2 Å². The summed E-state index contributed by atoms with van der Waals surface area (Å²) in [4.78, 5) is 17.3. The van der Waals surface area contributed by atoms with Gasteiger partial charge in [0.25, 0.3) is 5.97 Å². The summed E-state index contributed by atoms with van der Waals surface area (Å²) in [7, 11) is -3.51. The van der Waals surface area contributed by atoms with Gasteiger partial charge in [-0.05, 0) is 116 Å². The zero-order valence-electron chi connectivity index (χ0n) is 27.5. The van der Waals surface area contributed by atoms with Crippen LogP contribution in [0.4, 0.5) is 0 Å². The highest BCUT2D eigenvalue weighted by Gasteiger charge is 2.46. The molecule has 0 radical (unpaired) electrons. The first-order valence-corrected chi connectivity index (χ1v) is 25.9. The third kappa shape index (κ3) is 17.2. The number of hydrogen-bond donors (Lipinski definition) is 0. The highest BCUT2D eigenvalue weighted by atomic mass is 28.4. The van der Waals surface area contributed by atoms with E-state index in [1.807, 2.05) is 0 Å². The van der Waals surface area contributed by atoms with E-state index in [9.17, 15) is 4.79 Å². The normalized spacial score (nSPS) is 22.8. The minimum atomic E-state index is -1.79. The van der Waals surface area contributed by atoms with Gasteiger partial charge in [0.2, 0.25) is 8.32 Å². The Bertz CT molecular complexity index is 728. The van der Waals surface area contributed by atoms with Gasteiger partial charge >= 0.3 is 0 Å². The second-order valence-corrected chi connectivity index (χ2v) is 27.8. The topological polar surface area (TPSA) is 66.4 Å². The molecule has 39 heavy (non-hydrogen) atoms. The highest BCUT2D eigenvalue weighted by Crippen LogP contribution is 2.44. The van der Waals surface area contributed by atoms with Gasteiger partial charge in [-0.2, -0.15) is 0 Å². The molecule has 0 aromatic rings. The highest BCUT2D eigenvalue weighted by molar-refractivity contribution is 6.71. The Morgan fingerprint density at radius 1 is 0.692 bits per heavy atom. The minimum absolute atomic E-state index is 0.0209. The van der Waals surface area contributed by atoms with E-state index in [1.165, 1.54) is 31.4 Å². The molecule has 0 aliphatic heterocycles. The van der Waals surface area contributed by atoms with Crippen molar-refractivity contribution in [3.05, 3.63) is 0 Å². The second kappa shape index (κ2) is 17.5. The van der Waals surface area contributed by atoms with Crippen molar-refractivity contribution in [2.75, 3.05) is 7.11 Å². The van der Waals surface area contributed by atoms with Crippen LogP contribution in [-0.4, -0.2) is 56.0 Å². The standard InChI is InChI=1S/C30H63NO5Si3/c1-12-13-16-19-25(31-33-2)22-23-27-26(20-17-14-15-18-21-30(32)36-39(9,10)11)28(34-37(3,4)5)24-29(27)35-38(6,7)8/h26-29H,12-24H2,1-11H3/b31-25-/t26-,27-,28+,29-/m1/s1. The molecule has 9 heteroatoms. The van der Waals surface area contributed by atoms with Crippen LogP contribution in [0.2, 0.25) is 58.9 Å². The van der Waals surface area contributed by atoms with Crippen LogP contribution in [0.15, 0.2) is 5.16 Å². The van der Waals surface area contributed by atoms with Crippen molar-refractivity contribution in [1.29, 1.82) is 0 Å². The quantitative estimate of drug-likeness (QED) is 0.0602. The van der Waals surface area contributed by atoms with Crippen LogP contribution in [0.25, 0.3) is 0 Å². The predicted molar refractivity (Wildman–Crippen MR) is 173 cm³/mol. The number of nitrogens with zero attached hydrogens (tertiary/aromatic N) is 1. The van der Waals surface area contributed by atoms with E-state index in [-0.39, 0.29) is 18.2 Å². The Hall–Kier alpha value is -0.489. The lowest BCUT2D eigenvalue weighted by Gasteiger charge is -2.32. The van der Waals surface area contributed by atoms with Crippen molar-refractivity contribution in [3.63, 3.8) is 0 Å². The number of rotatable bonds is 20. The van der Waals surface area contributed by atoms with Crippen LogP contribution in [-0.2, 0) is 22.9 Å². The molecule has 0 aromatic carbocycles. The molecule has 0 saturated heterocycles. The summed E-state index contributed by atoms with van der Waals surface area (Å²) in [6.07, 6.45) is 14.3. The molecule has 6 nitrogen and oxygen atoms in total. The maximum Gasteiger partial charge on any atom is 0.292 e. The Morgan fingerprint density at radius 3 is 1.74 bits per heavy atom. The molecule has 0 heterocycles. The molecule has 0 aromatic heterocycles. The number of oxime groups is 1. The summed E-state index contributed by atoms with van der Waals surface area (Å²) < 4.78 is 19.3. The van der Waals surface area contributed by atoms with Crippen molar-refractivity contribution >= 4 is 36.6 Å². The van der Waals surface area contributed by atoms with Crippen molar-refractivity contribution in [2.45, 2.75) is 162 Å². The van der Waals surface area contributed by atoms with Gasteiger partial charge in [0.15, 0.2) is 16.6 Å². The fourth-order valence-electron chi connectivity index (χ4n) is 5.76. The predicted octanol–water partition coefficient (Wildman–Crippen LogP) is 9.14. The molecule has 1 aliphatic carbocycles. The van der Waals surface area contributed by atoms with Crippen molar-refractivity contribution < 1.29 is 22.9 Å². The SMILES string of the molecule is CCCCC/C(CC[C@@H]1[C@@H](CCCCCCC(=O)O[Si](C)(C)C)[C@@H](O[Si](C)(C)C)C[C@H]1O[Si](C)(C)C)=N/OC. The first-order valence-electron chi connectivity index (χ1n) is 15.7. The van der Waals surface area contributed by atoms with E-state index < -0.39 is 25.0 Å². The maximum atomic E-state index is 12.1. The van der Waals surface area contributed by atoms with E-state index in [1.54, 1.807) is 7.11 Å². The Labute approximate surface area is 244 Å². The zero-order valence-corrected chi connectivity index (χ0v) is 30.5. The largest absolute Gasteiger partial charge is 0.520 e. The number of hydrogen-bond acceptors (Lipinski definition) is 6. The monoisotopic (exact) mass is 601 g/mol. The Kier molecular flexibility index (Phi) is 16.4. The molecule has 4 atom stereocenters. The van der Waals surface area contributed by atoms with Gasteiger partial charge in [0.05, 0.1) is 17.9 Å². The smallest absolute Gasteiger partial charge is 0.292 e.